The van der Waals surface area contributed by atoms with Crippen LogP contribution in [0.3, 0.4) is 0 Å². The van der Waals surface area contributed by atoms with Gasteiger partial charge in [-0.05, 0) is 61.2 Å². The molecule has 0 N–H and O–H groups in total. The number of hydrogen-bond acceptors (Lipinski definition) is 7. The van der Waals surface area contributed by atoms with E-state index < -0.39 is 0 Å². The molecule has 1 atom stereocenters. The van der Waals surface area contributed by atoms with Crippen LogP contribution in [0.25, 0.3) is 0 Å². The zero-order valence-electron chi connectivity index (χ0n) is 22.3. The molecule has 196 valence electrons. The number of amides is 1. The molecule has 36 heavy (non-hydrogen) atoms. The van der Waals surface area contributed by atoms with Crippen molar-refractivity contribution in [3.05, 3.63) is 40.5 Å². The lowest BCUT2D eigenvalue weighted by Crippen LogP contribution is -2.37. The minimum Gasteiger partial charge on any atom is -0.493 e. The number of carbonyl (C=O) groups is 1. The summed E-state index contributed by atoms with van der Waals surface area (Å²) in [6, 6.07) is 6.18. The maximum atomic E-state index is 13.1. The summed E-state index contributed by atoms with van der Waals surface area (Å²) in [7, 11) is 10.3. The molecule has 1 amide bonds. The van der Waals surface area contributed by atoms with E-state index in [0.29, 0.717) is 42.7 Å². The van der Waals surface area contributed by atoms with E-state index in [0.717, 1.165) is 55.0 Å². The fourth-order valence-corrected chi connectivity index (χ4v) is 5.44. The molecule has 0 bridgehead atoms. The number of hydrogen-bond donors (Lipinski definition) is 0. The van der Waals surface area contributed by atoms with Gasteiger partial charge in [-0.25, -0.2) is 0 Å². The highest BCUT2D eigenvalue weighted by Crippen LogP contribution is 2.44. The van der Waals surface area contributed by atoms with Crippen LogP contribution in [0, 0.1) is 0 Å². The van der Waals surface area contributed by atoms with Crippen molar-refractivity contribution in [2.45, 2.75) is 31.6 Å². The number of nitrogens with zero attached hydrogens (tertiary/aromatic N) is 2. The second-order valence-corrected chi connectivity index (χ2v) is 9.48. The number of carbonyl (C=O) groups excluding carboxylic acids is 1. The molecule has 1 aliphatic heterocycles. The Bertz CT molecular complexity index is 1100. The van der Waals surface area contributed by atoms with Crippen LogP contribution in [0.4, 0.5) is 0 Å². The summed E-state index contributed by atoms with van der Waals surface area (Å²) < 4.78 is 27.6. The van der Waals surface area contributed by atoms with Crippen LogP contribution < -0.4 is 23.7 Å². The summed E-state index contributed by atoms with van der Waals surface area (Å²) in [5.41, 5.74) is 4.87. The van der Waals surface area contributed by atoms with Gasteiger partial charge in [-0.1, -0.05) is 0 Å². The van der Waals surface area contributed by atoms with Crippen molar-refractivity contribution in [1.29, 1.82) is 0 Å². The summed E-state index contributed by atoms with van der Waals surface area (Å²) >= 11 is 0. The first-order valence-electron chi connectivity index (χ1n) is 12.5. The van der Waals surface area contributed by atoms with Crippen molar-refractivity contribution < 1.29 is 28.5 Å². The van der Waals surface area contributed by atoms with Crippen LogP contribution in [-0.4, -0.2) is 84.5 Å². The van der Waals surface area contributed by atoms with Crippen LogP contribution in [0.2, 0.25) is 0 Å². The topological polar surface area (TPSA) is 69.7 Å². The zero-order valence-corrected chi connectivity index (χ0v) is 22.3. The Morgan fingerprint density at radius 1 is 0.861 bits per heavy atom. The third-order valence-electron chi connectivity index (χ3n) is 7.45. The number of likely N-dealkylation sites (N-methyl/N-ethyl adjacent to an activating group) is 1. The Balaban J connectivity index is 1.32. The van der Waals surface area contributed by atoms with Gasteiger partial charge in [0.05, 0.1) is 35.5 Å². The highest BCUT2D eigenvalue weighted by Gasteiger charge is 2.30. The molecule has 0 saturated carbocycles. The van der Waals surface area contributed by atoms with E-state index in [1.807, 2.05) is 11.0 Å². The summed E-state index contributed by atoms with van der Waals surface area (Å²) in [6.07, 6.45) is 3.01. The van der Waals surface area contributed by atoms with Gasteiger partial charge in [-0.2, -0.15) is 0 Å². The predicted molar refractivity (Wildman–Crippen MR) is 138 cm³/mol. The largest absolute Gasteiger partial charge is 0.493 e. The van der Waals surface area contributed by atoms with Crippen LogP contribution in [0.15, 0.2) is 18.2 Å². The van der Waals surface area contributed by atoms with Gasteiger partial charge in [0.25, 0.3) is 0 Å². The molecular formula is C28H38N2O6. The monoisotopic (exact) mass is 498 g/mol. The van der Waals surface area contributed by atoms with Crippen LogP contribution in [0.5, 0.6) is 28.7 Å². The average Bonchev–Trinajstić information content (AvgIpc) is 3.11. The van der Waals surface area contributed by atoms with Gasteiger partial charge in [-0.15, -0.1) is 0 Å². The zero-order chi connectivity index (χ0) is 25.8. The van der Waals surface area contributed by atoms with E-state index >= 15 is 0 Å². The summed E-state index contributed by atoms with van der Waals surface area (Å²) in [5, 5.41) is 0. The Labute approximate surface area is 214 Å². The van der Waals surface area contributed by atoms with Crippen molar-refractivity contribution >= 4 is 5.91 Å². The highest BCUT2D eigenvalue weighted by atomic mass is 16.5. The van der Waals surface area contributed by atoms with E-state index in [1.165, 1.54) is 11.1 Å². The Morgan fingerprint density at radius 3 is 2.17 bits per heavy atom. The van der Waals surface area contributed by atoms with Gasteiger partial charge in [0.1, 0.15) is 0 Å². The molecule has 0 fully saturated rings. The van der Waals surface area contributed by atoms with E-state index in [4.69, 9.17) is 23.7 Å². The summed E-state index contributed by atoms with van der Waals surface area (Å²) in [4.78, 5) is 17.3. The number of rotatable bonds is 10. The fourth-order valence-electron chi connectivity index (χ4n) is 5.44. The van der Waals surface area contributed by atoms with Crippen molar-refractivity contribution in [2.75, 3.05) is 68.8 Å². The predicted octanol–water partition coefficient (Wildman–Crippen LogP) is 3.32. The Kier molecular flexibility index (Phi) is 8.14. The second kappa shape index (κ2) is 11.3. The fraction of sp³-hybridized carbons (Fsp3) is 0.536. The van der Waals surface area contributed by atoms with Gasteiger partial charge in [0, 0.05) is 44.1 Å². The molecule has 0 aromatic heterocycles. The Morgan fingerprint density at radius 2 is 1.50 bits per heavy atom. The summed E-state index contributed by atoms with van der Waals surface area (Å²) in [6.45, 7) is 3.00. The first-order chi connectivity index (χ1) is 17.4. The quantitative estimate of drug-likeness (QED) is 0.498. The van der Waals surface area contributed by atoms with Crippen LogP contribution in [-0.2, 0) is 24.1 Å². The van der Waals surface area contributed by atoms with Crippen LogP contribution >= 0.6 is 0 Å². The number of benzene rings is 2. The highest BCUT2D eigenvalue weighted by molar-refractivity contribution is 5.76. The van der Waals surface area contributed by atoms with Gasteiger partial charge in [0.2, 0.25) is 11.7 Å². The smallest absolute Gasteiger partial charge is 0.223 e. The molecule has 0 spiro atoms. The summed E-state index contributed by atoms with van der Waals surface area (Å²) in [5.74, 6) is 4.15. The maximum absolute atomic E-state index is 13.1. The molecule has 1 heterocycles. The minimum atomic E-state index is 0.188. The first kappa shape index (κ1) is 25.9. The molecular weight excluding hydrogens is 460 g/mol. The molecule has 8 heteroatoms. The van der Waals surface area contributed by atoms with Gasteiger partial charge in [0.15, 0.2) is 23.0 Å². The normalized spacial score (nSPS) is 16.4. The van der Waals surface area contributed by atoms with Gasteiger partial charge < -0.3 is 33.5 Å². The number of fused-ring (bicyclic) bond motifs is 2. The molecule has 1 aliphatic carbocycles. The number of methoxy groups -OCH3 is 5. The molecule has 4 rings (SSSR count). The van der Waals surface area contributed by atoms with E-state index in [-0.39, 0.29) is 5.91 Å². The van der Waals surface area contributed by atoms with Crippen LogP contribution in [0.1, 0.15) is 34.6 Å². The third kappa shape index (κ3) is 5.05. The van der Waals surface area contributed by atoms with E-state index in [2.05, 4.69) is 24.1 Å². The van der Waals surface area contributed by atoms with Crippen molar-refractivity contribution in [3.8, 4) is 28.7 Å². The molecule has 2 aromatic carbocycles. The molecule has 0 radical (unpaired) electrons. The molecule has 8 nitrogen and oxygen atoms in total. The van der Waals surface area contributed by atoms with E-state index in [9.17, 15) is 4.79 Å². The second-order valence-electron chi connectivity index (χ2n) is 9.48. The lowest BCUT2D eigenvalue weighted by atomic mass is 9.77. The Hall–Kier alpha value is -3.13. The molecule has 0 unspecified atom stereocenters. The lowest BCUT2D eigenvalue weighted by Gasteiger charge is -2.34. The van der Waals surface area contributed by atoms with E-state index in [1.54, 1.807) is 35.5 Å². The molecule has 0 saturated heterocycles. The molecule has 2 aliphatic rings. The maximum Gasteiger partial charge on any atom is 0.223 e. The average molecular weight is 499 g/mol. The SMILES string of the molecule is COc1cc2c(cc1OC)[C@H](CN(C)CCC(=O)N1CCc3cc(OC)c(OC)c(OC)c3CC1)C2. The van der Waals surface area contributed by atoms with Crippen molar-refractivity contribution in [3.63, 3.8) is 0 Å². The lowest BCUT2D eigenvalue weighted by molar-refractivity contribution is -0.131. The third-order valence-corrected chi connectivity index (χ3v) is 7.45. The van der Waals surface area contributed by atoms with Gasteiger partial charge >= 0.3 is 0 Å². The molecule has 2 aromatic rings. The standard InChI is InChI=1S/C28H38N2O6/c1-29(17-20-13-19-15-23(32-2)24(33-3)16-22(19)20)10-9-26(31)30-11-7-18-14-25(34-4)28(36-6)27(35-5)21(18)8-12-30/h14-16,20H,7-13,17H2,1-6H3/t20-/m0/s1. The minimum absolute atomic E-state index is 0.188. The van der Waals surface area contributed by atoms with Crippen molar-refractivity contribution in [2.24, 2.45) is 0 Å². The van der Waals surface area contributed by atoms with Crippen molar-refractivity contribution in [1.82, 2.24) is 9.80 Å². The van der Waals surface area contributed by atoms with Gasteiger partial charge in [-0.3, -0.25) is 4.79 Å². The number of ether oxygens (including phenoxy) is 5. The first-order valence-corrected chi connectivity index (χ1v) is 12.5.